The summed E-state index contributed by atoms with van der Waals surface area (Å²) >= 11 is 5.74. The average Bonchev–Trinajstić information content (AvgIpc) is 3.30. The SMILES string of the molecule is O=C(NC[C@H]1[C@H]2CN(C(=O)C3CCC3)C[C@]23CC[C@H]1O3)c1ccc(Cl)o1. The number of likely N-dealkylation sites (tertiary alicyclic amines) is 1. The Morgan fingerprint density at radius 1 is 1.31 bits per heavy atom. The molecule has 4 atom stereocenters. The zero-order chi connectivity index (χ0) is 17.9. The molecule has 2 bridgehead atoms. The first kappa shape index (κ1) is 16.6. The molecule has 4 fully saturated rings. The van der Waals surface area contributed by atoms with Crippen molar-refractivity contribution < 1.29 is 18.7 Å². The van der Waals surface area contributed by atoms with Gasteiger partial charge in [-0.15, -0.1) is 0 Å². The predicted molar refractivity (Wildman–Crippen MR) is 93.8 cm³/mol. The first-order valence-electron chi connectivity index (χ1n) is 9.56. The topological polar surface area (TPSA) is 71.8 Å². The molecule has 1 aromatic rings. The lowest BCUT2D eigenvalue weighted by atomic mass is 9.73. The van der Waals surface area contributed by atoms with E-state index in [1.165, 1.54) is 6.42 Å². The highest BCUT2D eigenvalue weighted by Crippen LogP contribution is 2.55. The fraction of sp³-hybridized carbons (Fsp3) is 0.684. The van der Waals surface area contributed by atoms with E-state index in [0.29, 0.717) is 18.4 Å². The second-order valence-electron chi connectivity index (χ2n) is 8.19. The van der Waals surface area contributed by atoms with Crippen LogP contribution in [-0.2, 0) is 9.53 Å². The summed E-state index contributed by atoms with van der Waals surface area (Å²) in [5.74, 6) is 1.06. The van der Waals surface area contributed by atoms with Gasteiger partial charge in [-0.25, -0.2) is 0 Å². The van der Waals surface area contributed by atoms with Crippen LogP contribution in [0.4, 0.5) is 0 Å². The fourth-order valence-electron chi connectivity index (χ4n) is 5.28. The normalized spacial score (nSPS) is 35.4. The van der Waals surface area contributed by atoms with Crippen molar-refractivity contribution in [3.05, 3.63) is 23.1 Å². The number of halogens is 1. The molecule has 140 valence electrons. The molecule has 3 aliphatic heterocycles. The Labute approximate surface area is 157 Å². The van der Waals surface area contributed by atoms with E-state index in [1.54, 1.807) is 12.1 Å². The number of amides is 2. The van der Waals surface area contributed by atoms with E-state index < -0.39 is 0 Å². The molecule has 1 aliphatic carbocycles. The first-order chi connectivity index (χ1) is 12.6. The quantitative estimate of drug-likeness (QED) is 0.873. The van der Waals surface area contributed by atoms with Crippen LogP contribution in [0.3, 0.4) is 0 Å². The Kier molecular flexibility index (Phi) is 3.83. The number of ether oxygens (including phenoxy) is 1. The maximum Gasteiger partial charge on any atom is 0.287 e. The Morgan fingerprint density at radius 3 is 2.85 bits per heavy atom. The van der Waals surface area contributed by atoms with Gasteiger partial charge in [0.15, 0.2) is 11.0 Å². The zero-order valence-electron chi connectivity index (χ0n) is 14.6. The number of carbonyl (C=O) groups is 2. The number of carbonyl (C=O) groups excluding carboxylic acids is 2. The van der Waals surface area contributed by atoms with Crippen molar-refractivity contribution in [3.8, 4) is 0 Å². The van der Waals surface area contributed by atoms with Crippen LogP contribution in [0, 0.1) is 17.8 Å². The van der Waals surface area contributed by atoms with Crippen molar-refractivity contribution in [2.75, 3.05) is 19.6 Å². The Morgan fingerprint density at radius 2 is 2.15 bits per heavy atom. The van der Waals surface area contributed by atoms with Gasteiger partial charge in [-0.05, 0) is 49.4 Å². The Bertz CT molecular complexity index is 746. The first-order valence-corrected chi connectivity index (χ1v) is 9.94. The van der Waals surface area contributed by atoms with Crippen molar-refractivity contribution in [3.63, 3.8) is 0 Å². The molecule has 7 heteroatoms. The smallest absolute Gasteiger partial charge is 0.287 e. The van der Waals surface area contributed by atoms with E-state index in [0.717, 1.165) is 38.8 Å². The van der Waals surface area contributed by atoms with Gasteiger partial charge in [0.05, 0.1) is 18.2 Å². The van der Waals surface area contributed by atoms with Crippen LogP contribution in [-0.4, -0.2) is 48.1 Å². The molecule has 3 saturated heterocycles. The number of furan rings is 1. The second kappa shape index (κ2) is 5.99. The van der Waals surface area contributed by atoms with Gasteiger partial charge in [0.1, 0.15) is 0 Å². The minimum atomic E-state index is -0.255. The number of nitrogens with zero attached hydrogens (tertiary/aromatic N) is 1. The van der Waals surface area contributed by atoms with Gasteiger partial charge < -0.3 is 19.4 Å². The summed E-state index contributed by atoms with van der Waals surface area (Å²) in [5.41, 5.74) is -0.187. The number of hydrogen-bond acceptors (Lipinski definition) is 4. The Hall–Kier alpha value is -1.53. The molecule has 0 radical (unpaired) electrons. The maximum absolute atomic E-state index is 12.7. The summed E-state index contributed by atoms with van der Waals surface area (Å²) in [5, 5.41) is 3.17. The van der Waals surface area contributed by atoms with Crippen LogP contribution in [0.2, 0.25) is 5.22 Å². The molecule has 6 nitrogen and oxygen atoms in total. The van der Waals surface area contributed by atoms with Gasteiger partial charge in [0.2, 0.25) is 5.91 Å². The Balaban J connectivity index is 1.25. The van der Waals surface area contributed by atoms with Crippen molar-refractivity contribution in [2.24, 2.45) is 17.8 Å². The number of fused-ring (bicyclic) bond motifs is 1. The molecule has 4 heterocycles. The minimum Gasteiger partial charge on any atom is -0.440 e. The van der Waals surface area contributed by atoms with E-state index in [4.69, 9.17) is 20.8 Å². The third-order valence-corrected chi connectivity index (χ3v) is 7.05. The number of rotatable bonds is 4. The lowest BCUT2D eigenvalue weighted by Crippen LogP contribution is -2.41. The molecule has 0 aromatic carbocycles. The summed E-state index contributed by atoms with van der Waals surface area (Å²) < 4.78 is 11.5. The average molecular weight is 379 g/mol. The molecular formula is C19H23ClN2O4. The van der Waals surface area contributed by atoms with Crippen LogP contribution >= 0.6 is 11.6 Å². The lowest BCUT2D eigenvalue weighted by molar-refractivity contribution is -0.138. The van der Waals surface area contributed by atoms with Crippen LogP contribution in [0.25, 0.3) is 0 Å². The molecule has 5 rings (SSSR count). The van der Waals surface area contributed by atoms with Gasteiger partial charge >= 0.3 is 0 Å². The number of nitrogens with one attached hydrogen (secondary N) is 1. The van der Waals surface area contributed by atoms with Crippen LogP contribution in [0.1, 0.15) is 42.7 Å². The van der Waals surface area contributed by atoms with Crippen molar-refractivity contribution >= 4 is 23.4 Å². The fourth-order valence-corrected chi connectivity index (χ4v) is 5.42. The van der Waals surface area contributed by atoms with Gasteiger partial charge in [0.25, 0.3) is 5.91 Å². The van der Waals surface area contributed by atoms with Crippen LogP contribution < -0.4 is 5.32 Å². The van der Waals surface area contributed by atoms with Crippen molar-refractivity contribution in [1.82, 2.24) is 10.2 Å². The minimum absolute atomic E-state index is 0.182. The van der Waals surface area contributed by atoms with Gasteiger partial charge in [-0.2, -0.15) is 0 Å². The van der Waals surface area contributed by atoms with E-state index in [-0.39, 0.29) is 40.4 Å². The van der Waals surface area contributed by atoms with Gasteiger partial charge in [0, 0.05) is 30.8 Å². The largest absolute Gasteiger partial charge is 0.440 e. The molecule has 26 heavy (non-hydrogen) atoms. The highest BCUT2D eigenvalue weighted by atomic mass is 35.5. The molecule has 0 unspecified atom stereocenters. The summed E-state index contributed by atoms with van der Waals surface area (Å²) in [7, 11) is 0. The van der Waals surface area contributed by atoms with Crippen molar-refractivity contribution in [1.29, 1.82) is 0 Å². The van der Waals surface area contributed by atoms with Gasteiger partial charge in [-0.1, -0.05) is 6.42 Å². The molecule has 1 saturated carbocycles. The molecule has 1 N–H and O–H groups in total. The summed E-state index contributed by atoms with van der Waals surface area (Å²) in [6.07, 6.45) is 5.44. The van der Waals surface area contributed by atoms with Gasteiger partial charge in [-0.3, -0.25) is 9.59 Å². The third-order valence-electron chi connectivity index (χ3n) is 6.85. The molecular weight excluding hydrogens is 356 g/mol. The summed E-state index contributed by atoms with van der Waals surface area (Å²) in [4.78, 5) is 26.9. The summed E-state index contributed by atoms with van der Waals surface area (Å²) in [6.45, 7) is 2.03. The standard InChI is InChI=1S/C19H23ClN2O4/c20-16-5-4-15(25-16)17(23)21-8-12-13-9-22(18(24)11-2-1-3-11)10-19(13)7-6-14(12)26-19/h4-5,11-14H,1-3,6-10H2,(H,21,23)/t12-,13+,14+,19+/m0/s1. The highest BCUT2D eigenvalue weighted by Gasteiger charge is 2.63. The third kappa shape index (κ3) is 2.49. The molecule has 1 spiro atoms. The molecule has 1 aromatic heterocycles. The predicted octanol–water partition coefficient (Wildman–Crippen LogP) is 2.47. The number of hydrogen-bond donors (Lipinski definition) is 1. The van der Waals surface area contributed by atoms with E-state index in [9.17, 15) is 9.59 Å². The second-order valence-corrected chi connectivity index (χ2v) is 8.56. The molecule has 4 aliphatic rings. The zero-order valence-corrected chi connectivity index (χ0v) is 15.3. The molecule has 2 amide bonds. The van der Waals surface area contributed by atoms with E-state index >= 15 is 0 Å². The lowest BCUT2D eigenvalue weighted by Gasteiger charge is -2.30. The highest BCUT2D eigenvalue weighted by molar-refractivity contribution is 6.29. The summed E-state index contributed by atoms with van der Waals surface area (Å²) in [6, 6.07) is 3.14. The van der Waals surface area contributed by atoms with E-state index in [1.807, 2.05) is 4.90 Å². The monoisotopic (exact) mass is 378 g/mol. The van der Waals surface area contributed by atoms with E-state index in [2.05, 4.69) is 5.32 Å². The van der Waals surface area contributed by atoms with Crippen LogP contribution in [0.15, 0.2) is 16.5 Å². The van der Waals surface area contributed by atoms with Crippen molar-refractivity contribution in [2.45, 2.75) is 43.8 Å². The van der Waals surface area contributed by atoms with Crippen LogP contribution in [0.5, 0.6) is 0 Å². The maximum atomic E-state index is 12.7.